The summed E-state index contributed by atoms with van der Waals surface area (Å²) in [6, 6.07) is 9.73. The summed E-state index contributed by atoms with van der Waals surface area (Å²) in [6.45, 7) is 6.39. The molecule has 0 aliphatic rings. The Bertz CT molecular complexity index is 1310. The molecule has 0 bridgehead atoms. The second-order valence-corrected chi connectivity index (χ2v) is 7.75. The Labute approximate surface area is 180 Å². The zero-order valence-corrected chi connectivity index (χ0v) is 17.9. The third kappa shape index (κ3) is 4.40. The van der Waals surface area contributed by atoms with Gasteiger partial charge in [-0.2, -0.15) is 0 Å². The summed E-state index contributed by atoms with van der Waals surface area (Å²) in [7, 11) is 0. The normalized spacial score (nSPS) is 11.1. The minimum absolute atomic E-state index is 0.0981. The van der Waals surface area contributed by atoms with Gasteiger partial charge < -0.3 is 15.3 Å². The molecule has 1 aromatic carbocycles. The standard InChI is InChI=1S/C24H25N5O2/c1-14-15(2)27-21-6-4-17(12-20(14)21)13-26-22(30)7-5-19-16(3)28-23(29-24(19)31)18-8-10-25-11-9-18/h4,6,8-12,27H,5,7,13H2,1-3H3,(H,26,30)(H,28,29,31). The quantitative estimate of drug-likeness (QED) is 0.448. The number of nitrogens with one attached hydrogen (secondary N) is 3. The molecule has 0 saturated carbocycles. The van der Waals surface area contributed by atoms with E-state index in [9.17, 15) is 9.59 Å². The molecule has 3 heterocycles. The predicted molar refractivity (Wildman–Crippen MR) is 121 cm³/mol. The minimum Gasteiger partial charge on any atom is -0.358 e. The molecule has 0 saturated heterocycles. The van der Waals surface area contributed by atoms with E-state index >= 15 is 0 Å². The second kappa shape index (κ2) is 8.55. The maximum atomic E-state index is 12.5. The fourth-order valence-corrected chi connectivity index (χ4v) is 3.70. The van der Waals surface area contributed by atoms with Crippen LogP contribution in [-0.2, 0) is 17.8 Å². The summed E-state index contributed by atoms with van der Waals surface area (Å²) in [5, 5.41) is 4.12. The van der Waals surface area contributed by atoms with E-state index in [1.54, 1.807) is 31.5 Å². The largest absolute Gasteiger partial charge is 0.358 e. The van der Waals surface area contributed by atoms with Crippen LogP contribution in [0.4, 0.5) is 0 Å². The Morgan fingerprint density at radius 1 is 1.06 bits per heavy atom. The molecule has 0 radical (unpaired) electrons. The first kappa shape index (κ1) is 20.5. The lowest BCUT2D eigenvalue weighted by atomic mass is 10.1. The zero-order chi connectivity index (χ0) is 22.0. The number of H-pyrrole nitrogens is 2. The van der Waals surface area contributed by atoms with Crippen molar-refractivity contribution in [1.82, 2.24) is 25.3 Å². The number of carbonyl (C=O) groups excluding carboxylic acids is 1. The fourth-order valence-electron chi connectivity index (χ4n) is 3.70. The summed E-state index contributed by atoms with van der Waals surface area (Å²) in [5.41, 5.74) is 6.27. The molecule has 0 aliphatic carbocycles. The number of benzene rings is 1. The average Bonchev–Trinajstić information content (AvgIpc) is 3.05. The van der Waals surface area contributed by atoms with E-state index in [0.717, 1.165) is 22.3 Å². The van der Waals surface area contributed by atoms with Crippen molar-refractivity contribution in [3.8, 4) is 11.4 Å². The number of aromatic nitrogens is 4. The maximum Gasteiger partial charge on any atom is 0.254 e. The van der Waals surface area contributed by atoms with Crippen molar-refractivity contribution >= 4 is 16.8 Å². The zero-order valence-electron chi connectivity index (χ0n) is 17.9. The third-order valence-corrected chi connectivity index (χ3v) is 5.64. The van der Waals surface area contributed by atoms with Gasteiger partial charge in [-0.3, -0.25) is 14.6 Å². The number of fused-ring (bicyclic) bond motifs is 1. The second-order valence-electron chi connectivity index (χ2n) is 7.75. The van der Waals surface area contributed by atoms with Gasteiger partial charge in [0, 0.05) is 58.8 Å². The molecular weight excluding hydrogens is 390 g/mol. The molecule has 3 aromatic heterocycles. The molecule has 1 amide bonds. The molecule has 0 aliphatic heterocycles. The van der Waals surface area contributed by atoms with E-state index in [0.29, 0.717) is 30.0 Å². The van der Waals surface area contributed by atoms with Crippen LogP contribution in [0, 0.1) is 20.8 Å². The highest BCUT2D eigenvalue weighted by molar-refractivity contribution is 5.85. The monoisotopic (exact) mass is 415 g/mol. The minimum atomic E-state index is -0.212. The van der Waals surface area contributed by atoms with E-state index in [2.05, 4.69) is 45.2 Å². The fraction of sp³-hybridized carbons (Fsp3) is 0.250. The predicted octanol–water partition coefficient (Wildman–Crippen LogP) is 3.49. The van der Waals surface area contributed by atoms with Crippen molar-refractivity contribution in [3.63, 3.8) is 0 Å². The first-order valence-electron chi connectivity index (χ1n) is 10.3. The number of aryl methyl sites for hydroxylation is 3. The van der Waals surface area contributed by atoms with Crippen molar-refractivity contribution in [2.24, 2.45) is 0 Å². The van der Waals surface area contributed by atoms with E-state index in [4.69, 9.17) is 0 Å². The smallest absolute Gasteiger partial charge is 0.254 e. The molecule has 31 heavy (non-hydrogen) atoms. The molecule has 0 atom stereocenters. The van der Waals surface area contributed by atoms with E-state index in [-0.39, 0.29) is 17.9 Å². The van der Waals surface area contributed by atoms with Gasteiger partial charge in [-0.15, -0.1) is 0 Å². The molecule has 4 aromatic rings. The van der Waals surface area contributed by atoms with Crippen LogP contribution >= 0.6 is 0 Å². The third-order valence-electron chi connectivity index (χ3n) is 5.64. The van der Waals surface area contributed by atoms with Gasteiger partial charge in [0.25, 0.3) is 5.56 Å². The highest BCUT2D eigenvalue weighted by atomic mass is 16.1. The Morgan fingerprint density at radius 3 is 2.58 bits per heavy atom. The summed E-state index contributed by atoms with van der Waals surface area (Å²) < 4.78 is 0. The molecule has 0 fully saturated rings. The first-order valence-corrected chi connectivity index (χ1v) is 10.3. The van der Waals surface area contributed by atoms with Gasteiger partial charge in [-0.25, -0.2) is 4.98 Å². The molecule has 3 N–H and O–H groups in total. The molecular formula is C24H25N5O2. The number of amides is 1. The number of carbonyl (C=O) groups is 1. The van der Waals surface area contributed by atoms with Crippen LogP contribution in [0.5, 0.6) is 0 Å². The van der Waals surface area contributed by atoms with Gasteiger partial charge in [0.05, 0.1) is 0 Å². The Kier molecular flexibility index (Phi) is 5.66. The van der Waals surface area contributed by atoms with Gasteiger partial charge in [0.15, 0.2) is 0 Å². The topological polar surface area (TPSA) is 104 Å². The summed E-state index contributed by atoms with van der Waals surface area (Å²) >= 11 is 0. The lowest BCUT2D eigenvalue weighted by Crippen LogP contribution is -2.25. The molecule has 0 unspecified atom stereocenters. The lowest BCUT2D eigenvalue weighted by Gasteiger charge is -2.08. The molecule has 4 rings (SSSR count). The Hall–Kier alpha value is -3.74. The average molecular weight is 415 g/mol. The SMILES string of the molecule is Cc1nc(-c2ccncc2)[nH]c(=O)c1CCC(=O)NCc1ccc2[nH]c(C)c(C)c2c1. The maximum absolute atomic E-state index is 12.5. The number of rotatable bonds is 6. The Morgan fingerprint density at radius 2 is 1.84 bits per heavy atom. The number of hydrogen-bond donors (Lipinski definition) is 3. The van der Waals surface area contributed by atoms with E-state index < -0.39 is 0 Å². The van der Waals surface area contributed by atoms with Gasteiger partial charge in [-0.1, -0.05) is 6.07 Å². The highest BCUT2D eigenvalue weighted by Crippen LogP contribution is 2.22. The molecule has 158 valence electrons. The van der Waals surface area contributed by atoms with Crippen LogP contribution in [0.2, 0.25) is 0 Å². The van der Waals surface area contributed by atoms with Gasteiger partial charge in [0.1, 0.15) is 5.82 Å². The van der Waals surface area contributed by atoms with Crippen LogP contribution in [0.25, 0.3) is 22.3 Å². The number of aromatic amines is 2. The van der Waals surface area contributed by atoms with Crippen LogP contribution < -0.4 is 10.9 Å². The van der Waals surface area contributed by atoms with Gasteiger partial charge in [0.2, 0.25) is 5.91 Å². The van der Waals surface area contributed by atoms with Gasteiger partial charge >= 0.3 is 0 Å². The Balaban J connectivity index is 1.39. The van der Waals surface area contributed by atoms with Crippen LogP contribution in [0.15, 0.2) is 47.5 Å². The first-order chi connectivity index (χ1) is 14.9. The number of pyridine rings is 1. The number of nitrogens with zero attached hydrogens (tertiary/aromatic N) is 2. The summed E-state index contributed by atoms with van der Waals surface area (Å²) in [5.74, 6) is 0.405. The summed E-state index contributed by atoms with van der Waals surface area (Å²) in [6.07, 6.45) is 3.87. The van der Waals surface area contributed by atoms with Crippen molar-refractivity contribution in [2.45, 2.75) is 40.2 Å². The van der Waals surface area contributed by atoms with Crippen molar-refractivity contribution in [2.75, 3.05) is 0 Å². The number of hydrogen-bond acceptors (Lipinski definition) is 4. The summed E-state index contributed by atoms with van der Waals surface area (Å²) in [4.78, 5) is 39.6. The molecule has 0 spiro atoms. The van der Waals surface area contributed by atoms with Crippen LogP contribution in [0.3, 0.4) is 0 Å². The van der Waals surface area contributed by atoms with Crippen molar-refractivity contribution < 1.29 is 4.79 Å². The van der Waals surface area contributed by atoms with Crippen molar-refractivity contribution in [3.05, 3.63) is 81.2 Å². The van der Waals surface area contributed by atoms with Gasteiger partial charge in [-0.05, 0) is 62.6 Å². The van der Waals surface area contributed by atoms with Crippen LogP contribution in [0.1, 0.15) is 34.5 Å². The van der Waals surface area contributed by atoms with E-state index in [1.807, 2.05) is 12.1 Å². The lowest BCUT2D eigenvalue weighted by molar-refractivity contribution is -0.121. The highest BCUT2D eigenvalue weighted by Gasteiger charge is 2.12. The van der Waals surface area contributed by atoms with E-state index in [1.165, 1.54) is 10.9 Å². The van der Waals surface area contributed by atoms with Crippen molar-refractivity contribution in [1.29, 1.82) is 0 Å². The van der Waals surface area contributed by atoms with Crippen LogP contribution in [-0.4, -0.2) is 25.8 Å². The molecule has 7 heteroatoms. The molecule has 7 nitrogen and oxygen atoms in total.